The first-order valence-electron chi connectivity index (χ1n) is 5.31. The number of hydrogen-bond acceptors (Lipinski definition) is 3. The fourth-order valence-corrected chi connectivity index (χ4v) is 1.83. The van der Waals surface area contributed by atoms with Crippen molar-refractivity contribution in [3.05, 3.63) is 28.8 Å². The minimum Gasteiger partial charge on any atom is -0.383 e. The molecule has 1 atom stereocenters. The fourth-order valence-electron chi connectivity index (χ4n) is 1.48. The lowest BCUT2D eigenvalue weighted by molar-refractivity contribution is 0.206. The molecule has 0 aliphatic heterocycles. The average Bonchev–Trinajstić information content (AvgIpc) is 2.25. The molecule has 0 saturated heterocycles. The standard InChI is InChI=1S/C12H19ClN2O/c1-9(14)11-5-4-10(8-12(11)13)15(2)6-7-16-3/h4-5,8-9H,6-7,14H2,1-3H3. The molecule has 0 aliphatic carbocycles. The number of hydrogen-bond donors (Lipinski definition) is 1. The molecular weight excluding hydrogens is 224 g/mol. The first-order valence-corrected chi connectivity index (χ1v) is 5.69. The quantitative estimate of drug-likeness (QED) is 0.862. The van der Waals surface area contributed by atoms with E-state index < -0.39 is 0 Å². The van der Waals surface area contributed by atoms with Crippen molar-refractivity contribution in [2.24, 2.45) is 5.73 Å². The number of nitrogens with two attached hydrogens (primary N) is 1. The Morgan fingerprint density at radius 2 is 2.19 bits per heavy atom. The van der Waals surface area contributed by atoms with Crippen molar-refractivity contribution in [3.8, 4) is 0 Å². The molecule has 2 N–H and O–H groups in total. The van der Waals surface area contributed by atoms with E-state index in [0.717, 1.165) is 22.8 Å². The molecule has 0 spiro atoms. The Labute approximate surface area is 102 Å². The van der Waals surface area contributed by atoms with E-state index >= 15 is 0 Å². The topological polar surface area (TPSA) is 38.5 Å². The van der Waals surface area contributed by atoms with E-state index in [1.54, 1.807) is 7.11 Å². The Morgan fingerprint density at radius 1 is 1.50 bits per heavy atom. The highest BCUT2D eigenvalue weighted by Crippen LogP contribution is 2.26. The third kappa shape index (κ3) is 3.37. The van der Waals surface area contributed by atoms with Gasteiger partial charge in [-0.25, -0.2) is 0 Å². The zero-order chi connectivity index (χ0) is 12.1. The summed E-state index contributed by atoms with van der Waals surface area (Å²) >= 11 is 6.16. The summed E-state index contributed by atoms with van der Waals surface area (Å²) < 4.78 is 5.03. The van der Waals surface area contributed by atoms with Crippen molar-refractivity contribution in [1.29, 1.82) is 0 Å². The van der Waals surface area contributed by atoms with Crippen molar-refractivity contribution in [3.63, 3.8) is 0 Å². The predicted molar refractivity (Wildman–Crippen MR) is 69.2 cm³/mol. The van der Waals surface area contributed by atoms with E-state index in [1.165, 1.54) is 0 Å². The van der Waals surface area contributed by atoms with E-state index in [4.69, 9.17) is 22.1 Å². The number of likely N-dealkylation sites (N-methyl/N-ethyl adjacent to an activating group) is 1. The third-order valence-corrected chi connectivity index (χ3v) is 2.87. The number of anilines is 1. The van der Waals surface area contributed by atoms with Crippen LogP contribution in [-0.2, 0) is 4.74 Å². The molecule has 0 aromatic heterocycles. The zero-order valence-corrected chi connectivity index (χ0v) is 10.8. The maximum Gasteiger partial charge on any atom is 0.0637 e. The number of ether oxygens (including phenoxy) is 1. The van der Waals surface area contributed by atoms with Crippen LogP contribution < -0.4 is 10.6 Å². The molecule has 1 rings (SSSR count). The van der Waals surface area contributed by atoms with E-state index in [1.807, 2.05) is 32.2 Å². The second kappa shape index (κ2) is 6.09. The minimum atomic E-state index is -0.0363. The summed E-state index contributed by atoms with van der Waals surface area (Å²) in [5.74, 6) is 0. The van der Waals surface area contributed by atoms with Gasteiger partial charge in [-0.3, -0.25) is 0 Å². The molecule has 4 heteroatoms. The van der Waals surface area contributed by atoms with Gasteiger partial charge < -0.3 is 15.4 Å². The highest BCUT2D eigenvalue weighted by Gasteiger charge is 2.08. The van der Waals surface area contributed by atoms with Gasteiger partial charge in [-0.2, -0.15) is 0 Å². The number of benzene rings is 1. The van der Waals surface area contributed by atoms with Gasteiger partial charge in [0.15, 0.2) is 0 Å². The van der Waals surface area contributed by atoms with Crippen LogP contribution >= 0.6 is 11.6 Å². The maximum absolute atomic E-state index is 6.16. The van der Waals surface area contributed by atoms with Gasteiger partial charge in [0.05, 0.1) is 6.61 Å². The molecule has 1 aromatic rings. The number of methoxy groups -OCH3 is 1. The smallest absolute Gasteiger partial charge is 0.0637 e. The van der Waals surface area contributed by atoms with Crippen molar-refractivity contribution in [2.75, 3.05) is 32.2 Å². The van der Waals surface area contributed by atoms with Gasteiger partial charge in [0.2, 0.25) is 0 Å². The molecule has 16 heavy (non-hydrogen) atoms. The molecule has 3 nitrogen and oxygen atoms in total. The largest absolute Gasteiger partial charge is 0.383 e. The third-order valence-electron chi connectivity index (χ3n) is 2.55. The van der Waals surface area contributed by atoms with E-state index in [-0.39, 0.29) is 6.04 Å². The predicted octanol–water partition coefficient (Wildman–Crippen LogP) is 2.44. The molecular formula is C12H19ClN2O. The molecule has 0 fully saturated rings. The zero-order valence-electron chi connectivity index (χ0n) is 10.0. The van der Waals surface area contributed by atoms with Crippen LogP contribution in [0.25, 0.3) is 0 Å². The molecule has 0 amide bonds. The van der Waals surface area contributed by atoms with Crippen LogP contribution in [0, 0.1) is 0 Å². The average molecular weight is 243 g/mol. The Hall–Kier alpha value is -0.770. The Balaban J connectivity index is 2.80. The van der Waals surface area contributed by atoms with E-state index in [0.29, 0.717) is 6.61 Å². The van der Waals surface area contributed by atoms with Crippen LogP contribution in [0.15, 0.2) is 18.2 Å². The van der Waals surface area contributed by atoms with Crippen molar-refractivity contribution >= 4 is 17.3 Å². The lowest BCUT2D eigenvalue weighted by atomic mass is 10.1. The second-order valence-corrected chi connectivity index (χ2v) is 4.32. The van der Waals surface area contributed by atoms with Crippen LogP contribution in [-0.4, -0.2) is 27.3 Å². The summed E-state index contributed by atoms with van der Waals surface area (Å²) in [5, 5.41) is 0.719. The van der Waals surface area contributed by atoms with Gasteiger partial charge in [-0.05, 0) is 24.6 Å². The fraction of sp³-hybridized carbons (Fsp3) is 0.500. The molecule has 1 aromatic carbocycles. The highest BCUT2D eigenvalue weighted by atomic mass is 35.5. The van der Waals surface area contributed by atoms with Gasteiger partial charge >= 0.3 is 0 Å². The van der Waals surface area contributed by atoms with Gasteiger partial charge in [0.25, 0.3) is 0 Å². The van der Waals surface area contributed by atoms with Gasteiger partial charge in [0, 0.05) is 37.5 Å². The molecule has 0 saturated carbocycles. The summed E-state index contributed by atoms with van der Waals surface area (Å²) in [6.07, 6.45) is 0. The van der Waals surface area contributed by atoms with E-state index in [2.05, 4.69) is 4.90 Å². The number of halogens is 1. The first-order chi connectivity index (χ1) is 7.56. The van der Waals surface area contributed by atoms with Crippen LogP contribution in [0.4, 0.5) is 5.69 Å². The molecule has 0 heterocycles. The molecule has 0 aliphatic rings. The summed E-state index contributed by atoms with van der Waals surface area (Å²) in [5.41, 5.74) is 7.86. The van der Waals surface area contributed by atoms with Crippen molar-refractivity contribution in [2.45, 2.75) is 13.0 Å². The minimum absolute atomic E-state index is 0.0363. The SMILES string of the molecule is COCCN(C)c1ccc(C(C)N)c(Cl)c1. The van der Waals surface area contributed by atoms with Crippen LogP contribution in [0.3, 0.4) is 0 Å². The summed E-state index contributed by atoms with van der Waals surface area (Å²) in [6, 6.07) is 5.91. The normalized spacial score (nSPS) is 12.6. The van der Waals surface area contributed by atoms with Gasteiger partial charge in [-0.1, -0.05) is 17.7 Å². The maximum atomic E-state index is 6.16. The second-order valence-electron chi connectivity index (χ2n) is 3.91. The van der Waals surface area contributed by atoms with Crippen LogP contribution in [0.2, 0.25) is 5.02 Å². The molecule has 1 unspecified atom stereocenters. The van der Waals surface area contributed by atoms with Crippen molar-refractivity contribution < 1.29 is 4.74 Å². The van der Waals surface area contributed by atoms with Gasteiger partial charge in [-0.15, -0.1) is 0 Å². The van der Waals surface area contributed by atoms with Crippen molar-refractivity contribution in [1.82, 2.24) is 0 Å². The highest BCUT2D eigenvalue weighted by molar-refractivity contribution is 6.31. The lowest BCUT2D eigenvalue weighted by Gasteiger charge is -2.20. The van der Waals surface area contributed by atoms with Crippen LogP contribution in [0.1, 0.15) is 18.5 Å². The number of rotatable bonds is 5. The van der Waals surface area contributed by atoms with Crippen LogP contribution in [0.5, 0.6) is 0 Å². The molecule has 0 radical (unpaired) electrons. The van der Waals surface area contributed by atoms with Gasteiger partial charge in [0.1, 0.15) is 0 Å². The lowest BCUT2D eigenvalue weighted by Crippen LogP contribution is -2.22. The first kappa shape index (κ1) is 13.3. The molecule has 90 valence electrons. The van der Waals surface area contributed by atoms with E-state index in [9.17, 15) is 0 Å². The number of nitrogens with zero attached hydrogens (tertiary/aromatic N) is 1. The monoisotopic (exact) mass is 242 g/mol. The Morgan fingerprint density at radius 3 is 2.69 bits per heavy atom. The summed E-state index contributed by atoms with van der Waals surface area (Å²) in [7, 11) is 3.70. The summed E-state index contributed by atoms with van der Waals surface area (Å²) in [6.45, 7) is 3.46. The molecule has 0 bridgehead atoms. The summed E-state index contributed by atoms with van der Waals surface area (Å²) in [4.78, 5) is 2.10. The Bertz CT molecular complexity index is 342. The Kier molecular flexibility index (Phi) is 5.06.